The zero-order chi connectivity index (χ0) is 22.5. The molecule has 0 unspecified atom stereocenters. The van der Waals surface area contributed by atoms with Crippen LogP contribution in [0.4, 0.5) is 10.1 Å². The Morgan fingerprint density at radius 1 is 0.969 bits per heavy atom. The predicted octanol–water partition coefficient (Wildman–Crippen LogP) is 4.65. The molecular weight excluding hydrogens is 411 g/mol. The molecule has 170 valence electrons. The van der Waals surface area contributed by atoms with E-state index < -0.39 is 0 Å². The van der Waals surface area contributed by atoms with Crippen molar-refractivity contribution in [2.45, 2.75) is 44.6 Å². The number of ether oxygens (including phenoxy) is 2. The number of likely N-dealkylation sites (tertiary alicyclic amines) is 1. The molecule has 0 radical (unpaired) electrons. The van der Waals surface area contributed by atoms with Gasteiger partial charge in [0.2, 0.25) is 5.91 Å². The van der Waals surface area contributed by atoms with Crippen molar-refractivity contribution < 1.29 is 23.5 Å². The van der Waals surface area contributed by atoms with Crippen molar-refractivity contribution >= 4 is 17.5 Å². The molecule has 0 aromatic heterocycles. The van der Waals surface area contributed by atoms with Gasteiger partial charge in [0.1, 0.15) is 5.82 Å². The predicted molar refractivity (Wildman–Crippen MR) is 120 cm³/mol. The van der Waals surface area contributed by atoms with Crippen LogP contribution in [-0.4, -0.2) is 43.0 Å². The van der Waals surface area contributed by atoms with Crippen LogP contribution >= 0.6 is 0 Å². The van der Waals surface area contributed by atoms with Gasteiger partial charge in [0, 0.05) is 36.3 Å². The van der Waals surface area contributed by atoms with E-state index >= 15 is 0 Å². The first-order valence-electron chi connectivity index (χ1n) is 11.2. The molecule has 2 aromatic carbocycles. The Morgan fingerprint density at radius 2 is 1.66 bits per heavy atom. The number of nitrogens with zero attached hydrogens (tertiary/aromatic N) is 1. The zero-order valence-electron chi connectivity index (χ0n) is 18.3. The number of nitrogens with one attached hydrogen (secondary N) is 1. The average molecular weight is 441 g/mol. The molecule has 1 N–H and O–H groups in total. The Bertz CT molecular complexity index is 949. The summed E-state index contributed by atoms with van der Waals surface area (Å²) in [5, 5.41) is 2.99. The highest BCUT2D eigenvalue weighted by molar-refractivity contribution is 5.95. The molecule has 0 atom stereocenters. The number of rotatable bonds is 6. The second-order valence-electron chi connectivity index (χ2n) is 8.45. The minimum atomic E-state index is -0.368. The molecule has 2 amide bonds. The third-order valence-corrected chi connectivity index (χ3v) is 6.27. The molecule has 2 fully saturated rings. The molecule has 6 nitrogen and oxygen atoms in total. The molecule has 1 saturated heterocycles. The average Bonchev–Trinajstić information content (AvgIpc) is 3.32. The maximum absolute atomic E-state index is 13.1. The van der Waals surface area contributed by atoms with Gasteiger partial charge < -0.3 is 19.7 Å². The summed E-state index contributed by atoms with van der Waals surface area (Å²) in [7, 11) is 1.61. The van der Waals surface area contributed by atoms with Gasteiger partial charge in [0.25, 0.3) is 5.91 Å². The summed E-state index contributed by atoms with van der Waals surface area (Å²) in [5.74, 6) is 0.573. The molecular formula is C25H29FN2O4. The lowest BCUT2D eigenvalue weighted by Gasteiger charge is -2.31. The summed E-state index contributed by atoms with van der Waals surface area (Å²) in [4.78, 5) is 27.1. The van der Waals surface area contributed by atoms with E-state index in [2.05, 4.69) is 5.32 Å². The third kappa shape index (κ3) is 5.21. The van der Waals surface area contributed by atoms with Gasteiger partial charge in [-0.15, -0.1) is 0 Å². The van der Waals surface area contributed by atoms with Crippen LogP contribution in [0.3, 0.4) is 0 Å². The molecule has 1 aliphatic heterocycles. The first-order chi connectivity index (χ1) is 15.5. The van der Waals surface area contributed by atoms with Gasteiger partial charge in [-0.25, -0.2) is 4.39 Å². The Hall–Kier alpha value is -3.09. The number of carbonyl (C=O) groups is 2. The van der Waals surface area contributed by atoms with E-state index in [1.807, 2.05) is 18.2 Å². The SMILES string of the molecule is COc1ccc(NC(=O)C2CCN(C(=O)c3ccc(F)cc3)CC2)cc1OC1CCCC1. The summed E-state index contributed by atoms with van der Waals surface area (Å²) in [6.45, 7) is 0.986. The number of hydrogen-bond donors (Lipinski definition) is 1. The van der Waals surface area contributed by atoms with E-state index in [9.17, 15) is 14.0 Å². The molecule has 1 saturated carbocycles. The fourth-order valence-corrected chi connectivity index (χ4v) is 4.40. The van der Waals surface area contributed by atoms with Gasteiger partial charge in [-0.3, -0.25) is 9.59 Å². The van der Waals surface area contributed by atoms with Crippen molar-refractivity contribution in [3.8, 4) is 11.5 Å². The van der Waals surface area contributed by atoms with Crippen molar-refractivity contribution in [3.05, 3.63) is 53.8 Å². The number of amides is 2. The molecule has 2 aliphatic rings. The summed E-state index contributed by atoms with van der Waals surface area (Å²) < 4.78 is 24.6. The van der Waals surface area contributed by atoms with Crippen LogP contribution in [0.15, 0.2) is 42.5 Å². The second-order valence-corrected chi connectivity index (χ2v) is 8.45. The van der Waals surface area contributed by atoms with Crippen molar-refractivity contribution in [2.75, 3.05) is 25.5 Å². The summed E-state index contributed by atoms with van der Waals surface area (Å²) in [5.41, 5.74) is 1.14. The van der Waals surface area contributed by atoms with Crippen LogP contribution in [0.5, 0.6) is 11.5 Å². The monoisotopic (exact) mass is 440 g/mol. The van der Waals surface area contributed by atoms with E-state index in [4.69, 9.17) is 9.47 Å². The van der Waals surface area contributed by atoms with E-state index in [0.717, 1.165) is 12.8 Å². The second kappa shape index (κ2) is 10.0. The third-order valence-electron chi connectivity index (χ3n) is 6.27. The van der Waals surface area contributed by atoms with Crippen molar-refractivity contribution in [1.82, 2.24) is 4.90 Å². The minimum absolute atomic E-state index is 0.0594. The van der Waals surface area contributed by atoms with Crippen LogP contribution in [0, 0.1) is 11.7 Å². The Labute approximate surface area is 187 Å². The zero-order valence-corrected chi connectivity index (χ0v) is 18.3. The molecule has 1 aliphatic carbocycles. The lowest BCUT2D eigenvalue weighted by molar-refractivity contribution is -0.121. The molecule has 32 heavy (non-hydrogen) atoms. The Balaban J connectivity index is 1.33. The summed E-state index contributed by atoms with van der Waals surface area (Å²) in [6.07, 6.45) is 5.78. The standard InChI is InChI=1S/C25H29FN2O4/c1-31-22-11-10-20(16-23(22)32-21-4-2-3-5-21)27-24(29)17-12-14-28(15-13-17)25(30)18-6-8-19(26)9-7-18/h6-11,16-17,21H,2-5,12-15H2,1H3,(H,27,29). The fraction of sp³-hybridized carbons (Fsp3) is 0.440. The number of piperidine rings is 1. The number of methoxy groups -OCH3 is 1. The van der Waals surface area contributed by atoms with Gasteiger partial charge >= 0.3 is 0 Å². The van der Waals surface area contributed by atoms with Gasteiger partial charge in [-0.1, -0.05) is 0 Å². The molecule has 4 rings (SSSR count). The summed E-state index contributed by atoms with van der Waals surface area (Å²) in [6, 6.07) is 11.0. The Morgan fingerprint density at radius 3 is 2.31 bits per heavy atom. The molecule has 2 aromatic rings. The maximum atomic E-state index is 13.1. The molecule has 0 spiro atoms. The van der Waals surface area contributed by atoms with Crippen LogP contribution < -0.4 is 14.8 Å². The highest BCUT2D eigenvalue weighted by Gasteiger charge is 2.28. The van der Waals surface area contributed by atoms with Crippen LogP contribution in [0.25, 0.3) is 0 Å². The quantitative estimate of drug-likeness (QED) is 0.710. The van der Waals surface area contributed by atoms with Gasteiger partial charge in [0.15, 0.2) is 11.5 Å². The van der Waals surface area contributed by atoms with Crippen molar-refractivity contribution in [2.24, 2.45) is 5.92 Å². The fourth-order valence-electron chi connectivity index (χ4n) is 4.40. The molecule has 7 heteroatoms. The van der Waals surface area contributed by atoms with E-state index in [0.29, 0.717) is 48.7 Å². The lowest BCUT2D eigenvalue weighted by Crippen LogP contribution is -2.41. The molecule has 1 heterocycles. The number of carbonyl (C=O) groups excluding carboxylic acids is 2. The van der Waals surface area contributed by atoms with Crippen molar-refractivity contribution in [3.63, 3.8) is 0 Å². The van der Waals surface area contributed by atoms with Crippen LogP contribution in [0.2, 0.25) is 0 Å². The number of anilines is 1. The summed E-state index contributed by atoms with van der Waals surface area (Å²) >= 11 is 0. The smallest absolute Gasteiger partial charge is 0.253 e. The Kier molecular flexibility index (Phi) is 6.93. The molecule has 0 bridgehead atoms. The van der Waals surface area contributed by atoms with Gasteiger partial charge in [-0.2, -0.15) is 0 Å². The topological polar surface area (TPSA) is 67.9 Å². The van der Waals surface area contributed by atoms with Crippen LogP contribution in [0.1, 0.15) is 48.9 Å². The van der Waals surface area contributed by atoms with Crippen LogP contribution in [-0.2, 0) is 4.79 Å². The number of benzene rings is 2. The van der Waals surface area contributed by atoms with Gasteiger partial charge in [0.05, 0.1) is 13.2 Å². The minimum Gasteiger partial charge on any atom is -0.493 e. The largest absolute Gasteiger partial charge is 0.493 e. The highest BCUT2D eigenvalue weighted by Crippen LogP contribution is 2.34. The maximum Gasteiger partial charge on any atom is 0.253 e. The van der Waals surface area contributed by atoms with E-state index in [1.54, 1.807) is 12.0 Å². The number of hydrogen-bond acceptors (Lipinski definition) is 4. The van der Waals surface area contributed by atoms with E-state index in [-0.39, 0.29) is 29.7 Å². The number of halogens is 1. The normalized spacial score (nSPS) is 17.2. The first-order valence-corrected chi connectivity index (χ1v) is 11.2. The first kappa shape index (κ1) is 22.1. The lowest BCUT2D eigenvalue weighted by atomic mass is 9.95. The van der Waals surface area contributed by atoms with Gasteiger partial charge in [-0.05, 0) is 74.9 Å². The highest BCUT2D eigenvalue weighted by atomic mass is 19.1. The van der Waals surface area contributed by atoms with E-state index in [1.165, 1.54) is 37.1 Å². The van der Waals surface area contributed by atoms with Crippen molar-refractivity contribution in [1.29, 1.82) is 0 Å².